The Hall–Kier alpha value is -2.83. The predicted molar refractivity (Wildman–Crippen MR) is 76.1 cm³/mol. The van der Waals surface area contributed by atoms with Crippen LogP contribution in [0.15, 0.2) is 37.2 Å². The summed E-state index contributed by atoms with van der Waals surface area (Å²) in [5.41, 5.74) is 1.19. The number of carboxylic acid groups (broad SMARTS) is 1. The number of nitrogens with zero attached hydrogens (tertiary/aromatic N) is 5. The summed E-state index contributed by atoms with van der Waals surface area (Å²) in [6, 6.07) is 4.66. The molecule has 0 bridgehead atoms. The zero-order chi connectivity index (χ0) is 15.2. The van der Waals surface area contributed by atoms with Crippen LogP contribution >= 0.6 is 0 Å². The Morgan fingerprint density at radius 1 is 1.38 bits per heavy atom. The van der Waals surface area contributed by atoms with Crippen molar-refractivity contribution >= 4 is 12.2 Å². The Labute approximate surface area is 122 Å². The molecule has 0 radical (unpaired) electrons. The lowest BCUT2D eigenvalue weighted by Gasteiger charge is -2.24. The fraction of sp³-hybridized carbons (Fsp3) is 0.214. The maximum Gasteiger partial charge on any atom is 0.408 e. The van der Waals surface area contributed by atoms with Gasteiger partial charge in [0.25, 0.3) is 0 Å². The van der Waals surface area contributed by atoms with Gasteiger partial charge in [0.15, 0.2) is 5.82 Å². The Kier molecular flexibility index (Phi) is 4.55. The summed E-state index contributed by atoms with van der Waals surface area (Å²) in [6.45, 7) is 5.44. The second kappa shape index (κ2) is 6.56. The molecule has 21 heavy (non-hydrogen) atoms. The highest BCUT2D eigenvalue weighted by molar-refractivity contribution is 5.65. The van der Waals surface area contributed by atoms with Gasteiger partial charge in [-0.25, -0.2) is 14.8 Å². The van der Waals surface area contributed by atoms with Crippen LogP contribution in [-0.2, 0) is 6.54 Å². The minimum absolute atomic E-state index is 0.110. The molecule has 0 unspecified atom stereocenters. The molecule has 0 aliphatic carbocycles. The molecule has 2 aromatic rings. The number of carbonyl (C=O) groups is 1. The van der Waals surface area contributed by atoms with E-state index in [2.05, 4.69) is 26.7 Å². The number of hydrogen-bond donors (Lipinski definition) is 1. The van der Waals surface area contributed by atoms with Crippen LogP contribution < -0.4 is 0 Å². The predicted octanol–water partition coefficient (Wildman–Crippen LogP) is 2.15. The third-order valence-electron chi connectivity index (χ3n) is 2.95. The SMILES string of the molecule is C=Cc1ccc(CN(C(=O)O)[C@H](C)c2ncccn2)nn1. The second-order valence-corrected chi connectivity index (χ2v) is 4.35. The lowest BCUT2D eigenvalue weighted by Crippen LogP contribution is -2.33. The maximum atomic E-state index is 11.4. The molecule has 2 heterocycles. The van der Waals surface area contributed by atoms with E-state index in [4.69, 9.17) is 0 Å². The number of amides is 1. The highest BCUT2D eigenvalue weighted by atomic mass is 16.4. The summed E-state index contributed by atoms with van der Waals surface area (Å²) in [5, 5.41) is 17.3. The number of hydrogen-bond acceptors (Lipinski definition) is 5. The topological polar surface area (TPSA) is 92.1 Å². The van der Waals surface area contributed by atoms with Crippen LogP contribution in [0.5, 0.6) is 0 Å². The van der Waals surface area contributed by atoms with Crippen LogP contribution in [0.1, 0.15) is 30.2 Å². The second-order valence-electron chi connectivity index (χ2n) is 4.35. The van der Waals surface area contributed by atoms with Crippen molar-refractivity contribution in [3.8, 4) is 0 Å². The van der Waals surface area contributed by atoms with E-state index in [0.29, 0.717) is 17.2 Å². The molecule has 7 nitrogen and oxygen atoms in total. The van der Waals surface area contributed by atoms with Crippen molar-refractivity contribution in [2.75, 3.05) is 0 Å². The average Bonchev–Trinajstić information content (AvgIpc) is 2.53. The molecule has 1 N–H and O–H groups in total. The van der Waals surface area contributed by atoms with Crippen molar-refractivity contribution in [1.82, 2.24) is 25.1 Å². The van der Waals surface area contributed by atoms with E-state index in [1.54, 1.807) is 43.6 Å². The molecule has 108 valence electrons. The van der Waals surface area contributed by atoms with Crippen molar-refractivity contribution in [3.05, 3.63) is 54.4 Å². The molecular formula is C14H15N5O2. The summed E-state index contributed by atoms with van der Waals surface area (Å²) in [6.07, 6.45) is 3.67. The van der Waals surface area contributed by atoms with Crippen LogP contribution in [-0.4, -0.2) is 36.3 Å². The Balaban J connectivity index is 2.19. The normalized spacial score (nSPS) is 11.7. The third-order valence-corrected chi connectivity index (χ3v) is 2.95. The van der Waals surface area contributed by atoms with Crippen molar-refractivity contribution in [3.63, 3.8) is 0 Å². The minimum atomic E-state index is -1.07. The fourth-order valence-electron chi connectivity index (χ4n) is 1.77. The molecule has 0 saturated carbocycles. The first-order valence-electron chi connectivity index (χ1n) is 6.33. The Morgan fingerprint density at radius 3 is 2.62 bits per heavy atom. The molecule has 1 atom stereocenters. The molecule has 0 fully saturated rings. The lowest BCUT2D eigenvalue weighted by molar-refractivity contribution is 0.121. The summed E-state index contributed by atoms with van der Waals surface area (Å²) in [4.78, 5) is 20.8. The summed E-state index contributed by atoms with van der Waals surface area (Å²) < 4.78 is 0. The van der Waals surface area contributed by atoms with Gasteiger partial charge in [0.05, 0.1) is 24.0 Å². The maximum absolute atomic E-state index is 11.4. The van der Waals surface area contributed by atoms with Gasteiger partial charge in [-0.1, -0.05) is 6.58 Å². The first-order chi connectivity index (χ1) is 10.1. The van der Waals surface area contributed by atoms with Gasteiger partial charge in [-0.3, -0.25) is 4.90 Å². The molecule has 0 saturated heterocycles. The number of aromatic nitrogens is 4. The molecule has 1 amide bonds. The smallest absolute Gasteiger partial charge is 0.408 e. The quantitative estimate of drug-likeness (QED) is 0.904. The first kappa shape index (κ1) is 14.6. The van der Waals surface area contributed by atoms with E-state index in [1.165, 1.54) is 4.90 Å². The minimum Gasteiger partial charge on any atom is -0.465 e. The van der Waals surface area contributed by atoms with Crippen LogP contribution in [0.2, 0.25) is 0 Å². The van der Waals surface area contributed by atoms with Gasteiger partial charge in [0, 0.05) is 12.4 Å². The highest BCUT2D eigenvalue weighted by Crippen LogP contribution is 2.18. The van der Waals surface area contributed by atoms with E-state index in [0.717, 1.165) is 0 Å². The molecule has 2 aromatic heterocycles. The van der Waals surface area contributed by atoms with Crippen molar-refractivity contribution in [2.45, 2.75) is 19.5 Å². The molecule has 7 heteroatoms. The molecule has 2 rings (SSSR count). The summed E-state index contributed by atoms with van der Waals surface area (Å²) in [5.74, 6) is 0.440. The van der Waals surface area contributed by atoms with Gasteiger partial charge in [-0.2, -0.15) is 10.2 Å². The third kappa shape index (κ3) is 3.59. The zero-order valence-corrected chi connectivity index (χ0v) is 11.5. The van der Waals surface area contributed by atoms with E-state index < -0.39 is 12.1 Å². The number of rotatable bonds is 5. The molecular weight excluding hydrogens is 270 g/mol. The Morgan fingerprint density at radius 2 is 2.10 bits per heavy atom. The van der Waals surface area contributed by atoms with Gasteiger partial charge in [0.2, 0.25) is 0 Å². The molecule has 0 aliphatic heterocycles. The molecule has 0 aromatic carbocycles. The lowest BCUT2D eigenvalue weighted by atomic mass is 10.2. The van der Waals surface area contributed by atoms with Crippen LogP contribution in [0.4, 0.5) is 4.79 Å². The van der Waals surface area contributed by atoms with E-state index >= 15 is 0 Å². The van der Waals surface area contributed by atoms with Crippen LogP contribution in [0, 0.1) is 0 Å². The van der Waals surface area contributed by atoms with Crippen molar-refractivity contribution < 1.29 is 9.90 Å². The highest BCUT2D eigenvalue weighted by Gasteiger charge is 2.23. The van der Waals surface area contributed by atoms with E-state index in [-0.39, 0.29) is 6.54 Å². The summed E-state index contributed by atoms with van der Waals surface area (Å²) in [7, 11) is 0. The van der Waals surface area contributed by atoms with Crippen molar-refractivity contribution in [2.24, 2.45) is 0 Å². The summed E-state index contributed by atoms with van der Waals surface area (Å²) >= 11 is 0. The average molecular weight is 285 g/mol. The van der Waals surface area contributed by atoms with Gasteiger partial charge in [-0.15, -0.1) is 0 Å². The van der Waals surface area contributed by atoms with Gasteiger partial charge in [0.1, 0.15) is 0 Å². The molecule has 0 aliphatic rings. The fourth-order valence-corrected chi connectivity index (χ4v) is 1.77. The largest absolute Gasteiger partial charge is 0.465 e. The monoisotopic (exact) mass is 285 g/mol. The van der Waals surface area contributed by atoms with E-state index in [9.17, 15) is 9.90 Å². The van der Waals surface area contributed by atoms with Crippen LogP contribution in [0.25, 0.3) is 6.08 Å². The van der Waals surface area contributed by atoms with E-state index in [1.807, 2.05) is 0 Å². The zero-order valence-electron chi connectivity index (χ0n) is 11.5. The van der Waals surface area contributed by atoms with Gasteiger partial charge in [-0.05, 0) is 31.2 Å². The molecule has 0 spiro atoms. The standard InChI is InChI=1S/C14H15N5O2/c1-3-11-5-6-12(18-17-11)9-19(14(20)21)10(2)13-15-7-4-8-16-13/h3-8,10H,1,9H2,2H3,(H,20,21)/t10-/m1/s1. The van der Waals surface area contributed by atoms with Gasteiger partial charge < -0.3 is 5.11 Å². The Bertz CT molecular complexity index is 615. The first-order valence-corrected chi connectivity index (χ1v) is 6.33. The van der Waals surface area contributed by atoms with Crippen LogP contribution in [0.3, 0.4) is 0 Å². The van der Waals surface area contributed by atoms with Crippen molar-refractivity contribution in [1.29, 1.82) is 0 Å². The van der Waals surface area contributed by atoms with Gasteiger partial charge >= 0.3 is 6.09 Å².